The molecule has 11 rings (SSSR count). The van der Waals surface area contributed by atoms with E-state index in [9.17, 15) is 14.4 Å². The number of piperidine rings is 1. The van der Waals surface area contributed by atoms with Crippen LogP contribution in [0.15, 0.2) is 107 Å². The number of hydrogen-bond acceptors (Lipinski definition) is 19. The van der Waals surface area contributed by atoms with E-state index < -0.39 is 11.2 Å². The fourth-order valence-electron chi connectivity index (χ4n) is 9.14. The number of rotatable bonds is 8. The molecule has 472 valence electrons. The zero-order valence-electron chi connectivity index (χ0n) is 50.1. The average molecular weight is 1270 g/mol. The summed E-state index contributed by atoms with van der Waals surface area (Å²) in [6, 6.07) is 30.1. The summed E-state index contributed by atoms with van der Waals surface area (Å²) in [4.78, 5) is 52.8. The first-order valence-corrected chi connectivity index (χ1v) is 30.7. The fourth-order valence-corrected chi connectivity index (χ4v) is 11.6. The Kier molecular flexibility index (Phi) is 28.2. The zero-order valence-corrected chi connectivity index (χ0v) is 53.4. The summed E-state index contributed by atoms with van der Waals surface area (Å²) in [5, 5.41) is 36.9. The van der Waals surface area contributed by atoms with Crippen LogP contribution in [-0.2, 0) is 27.3 Å². The molecule has 8 heterocycles. The number of nitrogen functional groups attached to an aromatic ring is 1. The molecule has 5 N–H and O–H groups in total. The first kappa shape index (κ1) is 72.4. The van der Waals surface area contributed by atoms with Gasteiger partial charge in [0.05, 0.1) is 24.2 Å². The van der Waals surface area contributed by atoms with Crippen molar-refractivity contribution in [2.75, 3.05) is 32.8 Å². The third-order valence-electron chi connectivity index (χ3n) is 13.1. The minimum Gasteiger partial charge on any atom is -0.444 e. The van der Waals surface area contributed by atoms with Crippen LogP contribution >= 0.6 is 46.4 Å². The predicted octanol–water partition coefficient (Wildman–Crippen LogP) is 13.0. The third kappa shape index (κ3) is 19.7. The molecule has 8 aromatic rings. The molecule has 3 amide bonds. The first-order valence-electron chi connectivity index (χ1n) is 28.1. The lowest BCUT2D eigenvalue weighted by Gasteiger charge is -2.39. The van der Waals surface area contributed by atoms with Crippen LogP contribution in [0, 0.1) is 0 Å². The number of nitrogens with two attached hydrogens (primary N) is 1. The maximum atomic E-state index is 12.5. The van der Waals surface area contributed by atoms with E-state index in [0.29, 0.717) is 25.4 Å². The Labute approximate surface area is 530 Å². The summed E-state index contributed by atoms with van der Waals surface area (Å²) in [7, 11) is 0. The highest BCUT2D eigenvalue weighted by Gasteiger charge is 2.36. The van der Waals surface area contributed by atoms with Gasteiger partial charge in [0, 0.05) is 78.8 Å². The van der Waals surface area contributed by atoms with E-state index >= 15 is 0 Å². The van der Waals surface area contributed by atoms with Crippen molar-refractivity contribution >= 4 is 64.5 Å². The van der Waals surface area contributed by atoms with Crippen molar-refractivity contribution in [2.45, 2.75) is 152 Å². The Bertz CT molecular complexity index is 3340. The highest BCUT2D eigenvalue weighted by molar-refractivity contribution is 7.14. The molecule has 3 aliphatic heterocycles. The van der Waals surface area contributed by atoms with Crippen molar-refractivity contribution in [1.82, 2.24) is 65.0 Å². The van der Waals surface area contributed by atoms with E-state index in [4.69, 9.17) is 35.1 Å². The van der Waals surface area contributed by atoms with Gasteiger partial charge in [-0.15, -0.1) is 66.8 Å². The van der Waals surface area contributed by atoms with Gasteiger partial charge in [-0.3, -0.25) is 15.1 Å². The maximum absolute atomic E-state index is 12.5. The molecule has 1 unspecified atom stereocenters. The number of thiazole rings is 3. The number of hydrazine groups is 1. The number of nitrogens with one attached hydrogen (secondary N) is 2. The number of fused-ring (bicyclic) bond motifs is 2. The van der Waals surface area contributed by atoms with Crippen molar-refractivity contribution in [3.63, 3.8) is 0 Å². The van der Waals surface area contributed by atoms with Crippen LogP contribution in [0.2, 0.25) is 0 Å². The molecule has 0 spiro atoms. The van der Waals surface area contributed by atoms with Crippen molar-refractivity contribution in [1.29, 1.82) is 0 Å². The number of carbonyl (C=O) groups is 3. The Morgan fingerprint density at radius 1 is 0.644 bits per heavy atom. The second-order valence-corrected chi connectivity index (χ2v) is 24.2. The van der Waals surface area contributed by atoms with Gasteiger partial charge in [0.15, 0.2) is 17.5 Å². The predicted molar refractivity (Wildman–Crippen MR) is 351 cm³/mol. The van der Waals surface area contributed by atoms with E-state index in [1.807, 2.05) is 147 Å². The minimum atomic E-state index is -0.526. The summed E-state index contributed by atoms with van der Waals surface area (Å²) in [5.74, 6) is 8.00. The third-order valence-corrected chi connectivity index (χ3v) is 15.8. The fraction of sp³-hybridized carbons (Fsp3) is 0.452. The molecule has 3 aromatic carbocycles. The van der Waals surface area contributed by atoms with Gasteiger partial charge in [-0.05, 0) is 89.0 Å². The monoisotopic (exact) mass is 1270 g/mol. The van der Waals surface area contributed by atoms with Gasteiger partial charge < -0.3 is 38.7 Å². The average Bonchev–Trinajstić information content (AvgIpc) is 1.88. The number of amides is 3. The molecule has 0 saturated carbocycles. The number of aromatic nitrogens is 9. The van der Waals surface area contributed by atoms with Gasteiger partial charge in [0.25, 0.3) is 5.91 Å². The summed E-state index contributed by atoms with van der Waals surface area (Å²) in [6.07, 6.45) is 1.59. The summed E-state index contributed by atoms with van der Waals surface area (Å²) in [5.41, 5.74) is 6.38. The molecule has 4 atom stereocenters. The second-order valence-electron chi connectivity index (χ2n) is 21.6. The molecular weight excluding hydrogens is 1180 g/mol. The highest BCUT2D eigenvalue weighted by atomic mass is 35.5. The smallest absolute Gasteiger partial charge is 0.410 e. The number of nitrogens with zero attached hydrogens (tertiary/aromatic N) is 11. The van der Waals surface area contributed by atoms with Crippen LogP contribution in [0.5, 0.6) is 0 Å². The second kappa shape index (κ2) is 33.9. The summed E-state index contributed by atoms with van der Waals surface area (Å²) < 4.78 is 20.8. The molecule has 21 nitrogen and oxygen atoms in total. The Hall–Kier alpha value is -7.03. The van der Waals surface area contributed by atoms with Gasteiger partial charge in [0.1, 0.15) is 49.1 Å². The number of ether oxygens (including phenoxy) is 3. The molecule has 0 radical (unpaired) electrons. The minimum absolute atomic E-state index is 0. The van der Waals surface area contributed by atoms with Crippen LogP contribution in [0.4, 0.5) is 9.59 Å². The molecular formula is C62H87ClN14O7S3. The lowest BCUT2D eigenvalue weighted by molar-refractivity contribution is -0.0442. The number of aliphatic hydroxyl groups is 1. The number of carbonyl (C=O) groups excluding carboxylic acids is 3. The Morgan fingerprint density at radius 2 is 1.09 bits per heavy atom. The van der Waals surface area contributed by atoms with E-state index in [0.717, 1.165) is 98.9 Å². The standard InChI is InChI=1S/C20H23N5O2S.C15H15N5S.C13H25NO3.C10H9N3OS.C2H6O.2CH4.ClH/c1-13-16-22-23-17(15-12-28-18(21-15)14-8-6-5-7-9-14)25(16)11-10-24(13)19(26)27-20(2,3)4;1-10-13-18-19-14(20(13)8-7-16-10)12-9-21-15(17-12)11-5-3-2-4-6-11;1-6-16-11-8-7-9-14(10(11)2)12(15)17-13(3,4)5;11-13-9(14)8-6-15-10(12-8)7-4-2-1-3-5-7;1-2-3;;;/h5-9,12-13H,10-11H2,1-4H3;2-6,9-10,16H,7-8H2,1H3;10-11H,6-9H2,1-5H3;1-6H,11H2,(H,13,14);3H,2H2,1H3;2*1H4;1H/t13-;10-;10-,11?;;;;;/m111...../s1. The van der Waals surface area contributed by atoms with Crippen LogP contribution in [0.3, 0.4) is 0 Å². The first-order chi connectivity index (χ1) is 40.2. The van der Waals surface area contributed by atoms with Crippen molar-refractivity contribution in [3.05, 3.63) is 124 Å². The van der Waals surface area contributed by atoms with Crippen LogP contribution < -0.4 is 16.6 Å². The Balaban J connectivity index is 0.000000248. The Morgan fingerprint density at radius 3 is 1.56 bits per heavy atom. The zero-order chi connectivity index (χ0) is 60.6. The number of halogens is 1. The molecule has 0 aliphatic carbocycles. The largest absolute Gasteiger partial charge is 0.444 e. The molecule has 1 saturated heterocycles. The van der Waals surface area contributed by atoms with Gasteiger partial charge in [-0.1, -0.05) is 106 Å². The highest BCUT2D eigenvalue weighted by Crippen LogP contribution is 2.34. The topological polar surface area (TPSA) is 256 Å². The van der Waals surface area contributed by atoms with E-state index in [-0.39, 0.29) is 76.2 Å². The van der Waals surface area contributed by atoms with Crippen LogP contribution in [0.1, 0.15) is 138 Å². The van der Waals surface area contributed by atoms with Crippen molar-refractivity contribution in [3.8, 4) is 54.7 Å². The molecule has 5 aromatic heterocycles. The van der Waals surface area contributed by atoms with Gasteiger partial charge in [-0.25, -0.2) is 30.4 Å². The van der Waals surface area contributed by atoms with Crippen LogP contribution in [-0.4, -0.2) is 134 Å². The molecule has 0 bridgehead atoms. The number of benzene rings is 3. The quantitative estimate of drug-likeness (QED) is 0.0626. The normalized spacial score (nSPS) is 16.6. The number of likely N-dealkylation sites (tertiary alicyclic amines) is 1. The van der Waals surface area contributed by atoms with Gasteiger partial charge in [-0.2, -0.15) is 0 Å². The van der Waals surface area contributed by atoms with Gasteiger partial charge in [0.2, 0.25) is 0 Å². The summed E-state index contributed by atoms with van der Waals surface area (Å²) in [6.45, 7) is 25.7. The lowest BCUT2D eigenvalue weighted by atomic mass is 10.0. The van der Waals surface area contributed by atoms with E-state index in [1.54, 1.807) is 44.8 Å². The number of aliphatic hydroxyl groups excluding tert-OH is 1. The van der Waals surface area contributed by atoms with Gasteiger partial charge >= 0.3 is 12.2 Å². The summed E-state index contributed by atoms with van der Waals surface area (Å²) >= 11 is 4.65. The number of hydrogen-bond donors (Lipinski definition) is 4. The van der Waals surface area contributed by atoms with Crippen molar-refractivity contribution < 1.29 is 33.7 Å². The van der Waals surface area contributed by atoms with E-state index in [1.165, 1.54) is 11.3 Å². The molecule has 1 fully saturated rings. The SMILES string of the molecule is C.C.CCO.CCOC1CCCN(C(=O)OC(C)(C)C)[C@@H]1C.C[C@@H]1c2nnc(-c3csc(-c4ccccc4)n3)n2CCN1C(=O)OC(C)(C)C.C[C@H]1NCCn2c(-c3csc(-c4ccccc4)n3)nnc21.Cl.NNC(=O)c1csc(-c2ccccc2)n1. The molecule has 25 heteroatoms. The molecule has 3 aliphatic rings. The van der Waals surface area contributed by atoms with Crippen molar-refractivity contribution in [2.24, 2.45) is 5.84 Å². The lowest BCUT2D eigenvalue weighted by Crippen LogP contribution is -2.51. The maximum Gasteiger partial charge on any atom is 0.410 e. The molecule has 87 heavy (non-hydrogen) atoms. The van der Waals surface area contributed by atoms with E-state index in [2.05, 4.69) is 69.7 Å². The van der Waals surface area contributed by atoms with Crippen LogP contribution in [0.25, 0.3) is 54.7 Å².